The average Bonchev–Trinajstić information content (AvgIpc) is 2.83. The summed E-state index contributed by atoms with van der Waals surface area (Å²) in [6, 6.07) is 0.0353. The zero-order chi connectivity index (χ0) is 14.2. The quantitative estimate of drug-likeness (QED) is 0.671. The number of nitrogens with zero attached hydrogens (tertiary/aromatic N) is 2. The molecule has 8 heteroatoms. The van der Waals surface area contributed by atoms with Crippen molar-refractivity contribution in [3.8, 4) is 0 Å². The highest BCUT2D eigenvalue weighted by molar-refractivity contribution is 7.91. The molecule has 6 nitrogen and oxygen atoms in total. The number of hydrogen-bond donors (Lipinski definition) is 1. The summed E-state index contributed by atoms with van der Waals surface area (Å²) in [5.41, 5.74) is 0. The Morgan fingerprint density at radius 1 is 1.25 bits per heavy atom. The minimum Gasteiger partial charge on any atom is -0.379 e. The highest BCUT2D eigenvalue weighted by atomic mass is 32.2. The first-order chi connectivity index (χ1) is 9.55. The lowest BCUT2D eigenvalue weighted by atomic mass is 10.2. The van der Waals surface area contributed by atoms with Gasteiger partial charge in [-0.25, -0.2) is 8.42 Å². The van der Waals surface area contributed by atoms with E-state index in [1.807, 2.05) is 0 Å². The number of fused-ring (bicyclic) bond motifs is 1. The van der Waals surface area contributed by atoms with Gasteiger partial charge in [0.15, 0.2) is 14.9 Å². The Morgan fingerprint density at radius 2 is 2.00 bits per heavy atom. The molecule has 0 aromatic heterocycles. The Bertz CT molecular complexity index is 476. The Kier molecular flexibility index (Phi) is 4.16. The predicted octanol–water partition coefficient (Wildman–Crippen LogP) is -0.936. The van der Waals surface area contributed by atoms with Crippen molar-refractivity contribution < 1.29 is 13.2 Å². The van der Waals surface area contributed by atoms with Crippen molar-refractivity contribution in [2.75, 3.05) is 50.9 Å². The lowest BCUT2D eigenvalue weighted by Gasteiger charge is -2.28. The number of thiocarbonyl (C=S) groups is 1. The number of ether oxygens (including phenoxy) is 1. The van der Waals surface area contributed by atoms with Gasteiger partial charge in [0.25, 0.3) is 0 Å². The van der Waals surface area contributed by atoms with Crippen LogP contribution in [0.5, 0.6) is 0 Å². The third-order valence-electron chi connectivity index (χ3n) is 4.27. The molecule has 3 fully saturated rings. The van der Waals surface area contributed by atoms with E-state index in [2.05, 4.69) is 15.1 Å². The summed E-state index contributed by atoms with van der Waals surface area (Å²) in [5.74, 6) is 0.458. The van der Waals surface area contributed by atoms with Gasteiger partial charge in [0.1, 0.15) is 0 Å². The van der Waals surface area contributed by atoms with Gasteiger partial charge in [-0.05, 0) is 18.6 Å². The fourth-order valence-corrected chi connectivity index (χ4v) is 5.52. The van der Waals surface area contributed by atoms with E-state index in [9.17, 15) is 8.42 Å². The van der Waals surface area contributed by atoms with Gasteiger partial charge in [0.2, 0.25) is 0 Å². The number of sulfone groups is 1. The molecule has 0 aromatic rings. The van der Waals surface area contributed by atoms with Crippen molar-refractivity contribution >= 4 is 27.2 Å². The van der Waals surface area contributed by atoms with Gasteiger partial charge in [0, 0.05) is 26.2 Å². The molecule has 2 atom stereocenters. The summed E-state index contributed by atoms with van der Waals surface area (Å²) in [7, 11) is -2.90. The van der Waals surface area contributed by atoms with Crippen molar-refractivity contribution in [3.05, 3.63) is 0 Å². The van der Waals surface area contributed by atoms with Gasteiger partial charge in [-0.2, -0.15) is 0 Å². The summed E-state index contributed by atoms with van der Waals surface area (Å²) < 4.78 is 28.7. The van der Waals surface area contributed by atoms with Crippen molar-refractivity contribution in [1.29, 1.82) is 0 Å². The van der Waals surface area contributed by atoms with Crippen LogP contribution in [-0.2, 0) is 14.6 Å². The van der Waals surface area contributed by atoms with Crippen molar-refractivity contribution in [3.63, 3.8) is 0 Å². The van der Waals surface area contributed by atoms with Crippen LogP contribution in [0.15, 0.2) is 0 Å². The molecular weight excluding hydrogens is 298 g/mol. The van der Waals surface area contributed by atoms with Gasteiger partial charge in [-0.3, -0.25) is 4.90 Å². The molecule has 0 unspecified atom stereocenters. The second-order valence-electron chi connectivity index (χ2n) is 5.70. The van der Waals surface area contributed by atoms with Crippen LogP contribution in [0.1, 0.15) is 6.42 Å². The third kappa shape index (κ3) is 3.08. The summed E-state index contributed by atoms with van der Waals surface area (Å²) in [6.45, 7) is 5.46. The summed E-state index contributed by atoms with van der Waals surface area (Å²) >= 11 is 5.33. The Hall–Kier alpha value is -0.440. The minimum atomic E-state index is -2.90. The van der Waals surface area contributed by atoms with Gasteiger partial charge in [-0.1, -0.05) is 0 Å². The topological polar surface area (TPSA) is 61.9 Å². The molecule has 0 radical (unpaired) electrons. The summed E-state index contributed by atoms with van der Waals surface area (Å²) in [4.78, 5) is 4.46. The Balaban J connectivity index is 1.50. The van der Waals surface area contributed by atoms with Gasteiger partial charge in [0.05, 0.1) is 36.8 Å². The first-order valence-corrected chi connectivity index (χ1v) is 9.36. The van der Waals surface area contributed by atoms with E-state index in [-0.39, 0.29) is 23.6 Å². The minimum absolute atomic E-state index is 0.00381. The molecule has 0 saturated carbocycles. The van der Waals surface area contributed by atoms with E-state index in [4.69, 9.17) is 17.0 Å². The van der Waals surface area contributed by atoms with E-state index in [0.717, 1.165) is 50.9 Å². The molecule has 3 saturated heterocycles. The molecule has 0 aliphatic carbocycles. The standard InChI is InChI=1S/C12H21N3O3S2/c16-20(17)8-10-11(9-20)15(12(19)13-10)3-1-2-14-4-6-18-7-5-14/h10-11H,1-9H2,(H,13,19)/t10-,11+/m0/s1. The summed E-state index contributed by atoms with van der Waals surface area (Å²) in [5, 5.41) is 3.87. The molecule has 3 rings (SSSR count). The van der Waals surface area contributed by atoms with E-state index >= 15 is 0 Å². The van der Waals surface area contributed by atoms with Crippen LogP contribution in [0.25, 0.3) is 0 Å². The van der Waals surface area contributed by atoms with Crippen LogP contribution < -0.4 is 5.32 Å². The van der Waals surface area contributed by atoms with E-state index in [1.54, 1.807) is 0 Å². The number of rotatable bonds is 4. The SMILES string of the molecule is O=S1(=O)C[C@@H]2NC(=S)N(CCCN3CCOCC3)[C@@H]2C1. The first-order valence-electron chi connectivity index (χ1n) is 7.13. The lowest BCUT2D eigenvalue weighted by molar-refractivity contribution is 0.0366. The highest BCUT2D eigenvalue weighted by Crippen LogP contribution is 2.24. The Labute approximate surface area is 125 Å². The molecule has 0 spiro atoms. The number of morpholine rings is 1. The van der Waals surface area contributed by atoms with Crippen LogP contribution >= 0.6 is 12.2 Å². The average molecular weight is 319 g/mol. The van der Waals surface area contributed by atoms with Crippen LogP contribution in [-0.4, -0.2) is 86.3 Å². The smallest absolute Gasteiger partial charge is 0.169 e. The van der Waals surface area contributed by atoms with Crippen molar-refractivity contribution in [2.45, 2.75) is 18.5 Å². The zero-order valence-electron chi connectivity index (χ0n) is 11.5. The van der Waals surface area contributed by atoms with Crippen molar-refractivity contribution in [1.82, 2.24) is 15.1 Å². The molecule has 0 amide bonds. The van der Waals surface area contributed by atoms with E-state index in [1.165, 1.54) is 0 Å². The van der Waals surface area contributed by atoms with Gasteiger partial charge < -0.3 is 15.0 Å². The fraction of sp³-hybridized carbons (Fsp3) is 0.917. The predicted molar refractivity (Wildman–Crippen MR) is 80.5 cm³/mol. The van der Waals surface area contributed by atoms with Crippen LogP contribution in [0.2, 0.25) is 0 Å². The van der Waals surface area contributed by atoms with E-state index < -0.39 is 9.84 Å². The van der Waals surface area contributed by atoms with Crippen LogP contribution in [0.4, 0.5) is 0 Å². The maximum absolute atomic E-state index is 11.7. The molecule has 0 aromatic carbocycles. The molecule has 20 heavy (non-hydrogen) atoms. The zero-order valence-corrected chi connectivity index (χ0v) is 13.1. The fourth-order valence-electron chi connectivity index (χ4n) is 3.22. The molecule has 1 N–H and O–H groups in total. The molecule has 114 valence electrons. The summed E-state index contributed by atoms with van der Waals surface area (Å²) in [6.07, 6.45) is 1.01. The third-order valence-corrected chi connectivity index (χ3v) is 6.34. The van der Waals surface area contributed by atoms with Crippen molar-refractivity contribution in [2.24, 2.45) is 0 Å². The maximum Gasteiger partial charge on any atom is 0.169 e. The second-order valence-corrected chi connectivity index (χ2v) is 8.24. The largest absolute Gasteiger partial charge is 0.379 e. The maximum atomic E-state index is 11.7. The monoisotopic (exact) mass is 319 g/mol. The molecule has 3 aliphatic rings. The molecule has 3 aliphatic heterocycles. The molecular formula is C12H21N3O3S2. The molecule has 3 heterocycles. The first kappa shape index (κ1) is 14.5. The second kappa shape index (κ2) is 5.75. The van der Waals surface area contributed by atoms with E-state index in [0.29, 0.717) is 0 Å². The molecule has 0 bridgehead atoms. The van der Waals surface area contributed by atoms with Crippen LogP contribution in [0.3, 0.4) is 0 Å². The number of nitrogens with one attached hydrogen (secondary N) is 1. The Morgan fingerprint density at radius 3 is 2.75 bits per heavy atom. The number of hydrogen-bond acceptors (Lipinski definition) is 5. The van der Waals surface area contributed by atoms with Crippen LogP contribution in [0, 0.1) is 0 Å². The normalized spacial score (nSPS) is 33.2. The van der Waals surface area contributed by atoms with Gasteiger partial charge >= 0.3 is 0 Å². The highest BCUT2D eigenvalue weighted by Gasteiger charge is 2.46. The lowest BCUT2D eigenvalue weighted by Crippen LogP contribution is -2.41. The van der Waals surface area contributed by atoms with Gasteiger partial charge in [-0.15, -0.1) is 0 Å².